The fourth-order valence-electron chi connectivity index (χ4n) is 4.06. The van der Waals surface area contributed by atoms with E-state index >= 15 is 0 Å². The zero-order valence-corrected chi connectivity index (χ0v) is 20.2. The Morgan fingerprint density at radius 3 is 2.43 bits per heavy atom. The van der Waals surface area contributed by atoms with Gasteiger partial charge in [0.15, 0.2) is 11.0 Å². The first-order valence-electron chi connectivity index (χ1n) is 11.3. The standard InChI is InChI=1S/C28H20F4N4S/c1-2-15-36-26(34-35-27(36)37-17-19-11-8-13-22(25(19)29)28(30,31)32)21-16-24(18-9-4-3-5-10-18)33-23-14-7-6-12-20(21)23/h2-14,16H,1,15,17H2. The molecule has 0 N–H and O–H groups in total. The van der Waals surface area contributed by atoms with E-state index in [9.17, 15) is 17.6 Å². The van der Waals surface area contributed by atoms with Gasteiger partial charge >= 0.3 is 6.18 Å². The molecule has 5 rings (SSSR count). The molecular formula is C28H20F4N4S. The van der Waals surface area contributed by atoms with E-state index in [4.69, 9.17) is 4.98 Å². The minimum atomic E-state index is -4.76. The number of fused-ring (bicyclic) bond motifs is 1. The molecule has 5 aromatic rings. The van der Waals surface area contributed by atoms with Crippen molar-refractivity contribution < 1.29 is 17.6 Å². The number of rotatable bonds is 7. The first kappa shape index (κ1) is 24.7. The van der Waals surface area contributed by atoms with Crippen LogP contribution in [0.4, 0.5) is 17.6 Å². The fourth-order valence-corrected chi connectivity index (χ4v) is 4.98. The number of hydrogen-bond donors (Lipinski definition) is 0. The predicted octanol–water partition coefficient (Wildman–Crippen LogP) is 7.80. The Morgan fingerprint density at radius 2 is 1.68 bits per heavy atom. The Balaban J connectivity index is 1.56. The molecule has 0 unspecified atom stereocenters. The van der Waals surface area contributed by atoms with E-state index < -0.39 is 17.6 Å². The van der Waals surface area contributed by atoms with E-state index in [2.05, 4.69) is 16.8 Å². The molecule has 0 spiro atoms. The Bertz CT molecular complexity index is 1580. The third kappa shape index (κ3) is 4.99. The maximum absolute atomic E-state index is 14.6. The van der Waals surface area contributed by atoms with Crippen molar-refractivity contribution in [2.24, 2.45) is 0 Å². The van der Waals surface area contributed by atoms with Crippen LogP contribution in [0.25, 0.3) is 33.5 Å². The van der Waals surface area contributed by atoms with E-state index in [0.717, 1.165) is 45.6 Å². The fraction of sp³-hybridized carbons (Fsp3) is 0.107. The van der Waals surface area contributed by atoms with Crippen molar-refractivity contribution in [3.8, 4) is 22.6 Å². The maximum atomic E-state index is 14.6. The molecule has 0 radical (unpaired) electrons. The summed E-state index contributed by atoms with van der Waals surface area (Å²) in [6, 6.07) is 22.7. The van der Waals surface area contributed by atoms with E-state index in [1.54, 1.807) is 6.08 Å². The molecule has 3 aromatic carbocycles. The third-order valence-electron chi connectivity index (χ3n) is 5.80. The minimum absolute atomic E-state index is 0.0443. The van der Waals surface area contributed by atoms with Gasteiger partial charge in [0.1, 0.15) is 5.82 Å². The Kier molecular flexibility index (Phi) is 6.80. The van der Waals surface area contributed by atoms with Gasteiger partial charge in [-0.1, -0.05) is 78.5 Å². The molecule has 0 aliphatic carbocycles. The van der Waals surface area contributed by atoms with Crippen molar-refractivity contribution in [3.05, 3.63) is 108 Å². The number of halogens is 4. The smallest absolute Gasteiger partial charge is 0.298 e. The number of para-hydroxylation sites is 1. The van der Waals surface area contributed by atoms with Gasteiger partial charge in [-0.25, -0.2) is 9.37 Å². The summed E-state index contributed by atoms with van der Waals surface area (Å²) in [6.45, 7) is 4.18. The van der Waals surface area contributed by atoms with Gasteiger partial charge < -0.3 is 0 Å². The number of thioether (sulfide) groups is 1. The average Bonchev–Trinajstić information content (AvgIpc) is 3.29. The van der Waals surface area contributed by atoms with Gasteiger partial charge in [-0.15, -0.1) is 16.8 Å². The summed E-state index contributed by atoms with van der Waals surface area (Å²) in [6.07, 6.45) is -3.08. The molecule has 0 saturated heterocycles. The third-order valence-corrected chi connectivity index (χ3v) is 6.81. The number of nitrogens with zero attached hydrogens (tertiary/aromatic N) is 4. The summed E-state index contributed by atoms with van der Waals surface area (Å²) in [5.74, 6) is -0.759. The van der Waals surface area contributed by atoms with Gasteiger partial charge in [0, 0.05) is 28.8 Å². The Hall–Kier alpha value is -3.98. The second kappa shape index (κ2) is 10.2. The highest BCUT2D eigenvalue weighted by molar-refractivity contribution is 7.98. The van der Waals surface area contributed by atoms with Gasteiger partial charge in [0.25, 0.3) is 0 Å². The van der Waals surface area contributed by atoms with Crippen molar-refractivity contribution in [3.63, 3.8) is 0 Å². The van der Waals surface area contributed by atoms with E-state index in [1.807, 2.05) is 65.2 Å². The van der Waals surface area contributed by atoms with Crippen molar-refractivity contribution in [1.29, 1.82) is 0 Å². The first-order valence-corrected chi connectivity index (χ1v) is 12.3. The lowest BCUT2D eigenvalue weighted by Gasteiger charge is -2.13. The number of aromatic nitrogens is 4. The molecule has 186 valence electrons. The summed E-state index contributed by atoms with van der Waals surface area (Å²) in [4.78, 5) is 4.81. The summed E-state index contributed by atoms with van der Waals surface area (Å²) in [5.41, 5.74) is 1.95. The molecule has 0 atom stereocenters. The zero-order valence-electron chi connectivity index (χ0n) is 19.4. The molecular weight excluding hydrogens is 500 g/mol. The molecule has 0 aliphatic rings. The summed E-state index contributed by atoms with van der Waals surface area (Å²) in [5, 5.41) is 10.0. The van der Waals surface area contributed by atoms with E-state index in [1.165, 1.54) is 12.1 Å². The molecule has 0 bridgehead atoms. The van der Waals surface area contributed by atoms with Crippen LogP contribution in [-0.2, 0) is 18.5 Å². The lowest BCUT2D eigenvalue weighted by molar-refractivity contribution is -0.140. The lowest BCUT2D eigenvalue weighted by Crippen LogP contribution is -2.09. The van der Waals surface area contributed by atoms with Crippen LogP contribution in [-0.4, -0.2) is 19.7 Å². The van der Waals surface area contributed by atoms with Crippen LogP contribution in [0, 0.1) is 5.82 Å². The Labute approximate surface area is 214 Å². The molecule has 0 saturated carbocycles. The average molecular weight is 521 g/mol. The quantitative estimate of drug-likeness (QED) is 0.125. The zero-order chi connectivity index (χ0) is 26.0. The molecule has 0 fully saturated rings. The highest BCUT2D eigenvalue weighted by Gasteiger charge is 2.34. The number of pyridine rings is 1. The van der Waals surface area contributed by atoms with Crippen LogP contribution < -0.4 is 0 Å². The Morgan fingerprint density at radius 1 is 0.919 bits per heavy atom. The molecule has 2 aromatic heterocycles. The van der Waals surface area contributed by atoms with Crippen LogP contribution >= 0.6 is 11.8 Å². The normalized spacial score (nSPS) is 11.7. The monoisotopic (exact) mass is 520 g/mol. The van der Waals surface area contributed by atoms with Gasteiger partial charge in [0.2, 0.25) is 0 Å². The van der Waals surface area contributed by atoms with Crippen molar-refractivity contribution in [2.45, 2.75) is 23.6 Å². The molecule has 9 heteroatoms. The maximum Gasteiger partial charge on any atom is 0.419 e. The van der Waals surface area contributed by atoms with E-state index in [-0.39, 0.29) is 11.3 Å². The van der Waals surface area contributed by atoms with Gasteiger partial charge in [0.05, 0.1) is 16.8 Å². The van der Waals surface area contributed by atoms with Crippen LogP contribution in [0.5, 0.6) is 0 Å². The highest BCUT2D eigenvalue weighted by atomic mass is 32.2. The summed E-state index contributed by atoms with van der Waals surface area (Å²) < 4.78 is 55.8. The number of alkyl halides is 3. The molecule has 37 heavy (non-hydrogen) atoms. The van der Waals surface area contributed by atoms with Gasteiger partial charge in [-0.2, -0.15) is 13.2 Å². The molecule has 2 heterocycles. The molecule has 0 amide bonds. The molecule has 0 aliphatic heterocycles. The summed E-state index contributed by atoms with van der Waals surface area (Å²) >= 11 is 1.11. The SMILES string of the molecule is C=CCn1c(SCc2cccc(C(F)(F)F)c2F)nnc1-c1cc(-c2ccccc2)nc2ccccc12. The van der Waals surface area contributed by atoms with Crippen molar-refractivity contribution in [1.82, 2.24) is 19.7 Å². The van der Waals surface area contributed by atoms with Crippen LogP contribution in [0.15, 0.2) is 96.7 Å². The summed E-state index contributed by atoms with van der Waals surface area (Å²) in [7, 11) is 0. The van der Waals surface area contributed by atoms with Crippen LogP contribution in [0.2, 0.25) is 0 Å². The number of hydrogen-bond acceptors (Lipinski definition) is 4. The van der Waals surface area contributed by atoms with Crippen molar-refractivity contribution in [2.75, 3.05) is 0 Å². The minimum Gasteiger partial charge on any atom is -0.298 e. The first-order chi connectivity index (χ1) is 17.9. The van der Waals surface area contributed by atoms with E-state index in [0.29, 0.717) is 17.5 Å². The topological polar surface area (TPSA) is 43.6 Å². The second-order valence-electron chi connectivity index (χ2n) is 8.21. The number of benzene rings is 3. The second-order valence-corrected chi connectivity index (χ2v) is 9.15. The van der Waals surface area contributed by atoms with Gasteiger partial charge in [-0.3, -0.25) is 4.57 Å². The van der Waals surface area contributed by atoms with Crippen molar-refractivity contribution >= 4 is 22.7 Å². The lowest BCUT2D eigenvalue weighted by atomic mass is 10.0. The van der Waals surface area contributed by atoms with Crippen LogP contribution in [0.3, 0.4) is 0 Å². The highest BCUT2D eigenvalue weighted by Crippen LogP contribution is 2.36. The largest absolute Gasteiger partial charge is 0.419 e. The molecule has 4 nitrogen and oxygen atoms in total. The predicted molar refractivity (Wildman–Crippen MR) is 137 cm³/mol. The number of allylic oxidation sites excluding steroid dienone is 1. The van der Waals surface area contributed by atoms with Gasteiger partial charge in [-0.05, 0) is 23.8 Å². The van der Waals surface area contributed by atoms with Crippen LogP contribution in [0.1, 0.15) is 11.1 Å².